The van der Waals surface area contributed by atoms with E-state index in [1.54, 1.807) is 30.2 Å². The van der Waals surface area contributed by atoms with E-state index in [9.17, 15) is 8.42 Å². The van der Waals surface area contributed by atoms with Gasteiger partial charge in [-0.3, -0.25) is 9.40 Å². The van der Waals surface area contributed by atoms with Gasteiger partial charge in [-0.1, -0.05) is 0 Å². The molecular formula is C22H23N7O3S. The van der Waals surface area contributed by atoms with Crippen LogP contribution in [0.5, 0.6) is 5.75 Å². The number of nitrogens with one attached hydrogen (secondary N) is 1. The molecule has 1 saturated heterocycles. The SMILES string of the molecule is COc1ccc2cnn(C)c2c1NS(=O)(=O)c1cnn(-c2cc(N3CC4CC4C3)ccn2)c1. The summed E-state index contributed by atoms with van der Waals surface area (Å²) in [5.41, 5.74) is 2.04. The van der Waals surface area contributed by atoms with E-state index in [-0.39, 0.29) is 4.90 Å². The third-order valence-electron chi connectivity index (χ3n) is 6.50. The van der Waals surface area contributed by atoms with Gasteiger partial charge in [0.2, 0.25) is 0 Å². The van der Waals surface area contributed by atoms with Gasteiger partial charge in [0.05, 0.1) is 31.2 Å². The Bertz CT molecular complexity index is 1470. The van der Waals surface area contributed by atoms with E-state index in [4.69, 9.17) is 4.74 Å². The number of pyridine rings is 1. The molecule has 10 nitrogen and oxygen atoms in total. The molecule has 4 heterocycles. The summed E-state index contributed by atoms with van der Waals surface area (Å²) in [7, 11) is -0.693. The molecule has 0 bridgehead atoms. The van der Waals surface area contributed by atoms with Gasteiger partial charge in [-0.05, 0) is 36.5 Å². The standard InChI is InChI=1S/C22H23N7O3S/c1-27-22-14(9-24-27)3-4-19(32-2)21(22)26-33(30,31)18-10-25-29(13-18)20-8-17(5-6-23-20)28-11-15-7-16(15)12-28/h3-6,8-10,13,15-16,26H,7,11-12H2,1-2H3. The molecule has 4 aromatic rings. The number of hydrogen-bond donors (Lipinski definition) is 1. The molecule has 0 radical (unpaired) electrons. The number of fused-ring (bicyclic) bond motifs is 2. The van der Waals surface area contributed by atoms with Crippen molar-refractivity contribution in [2.75, 3.05) is 29.8 Å². The summed E-state index contributed by atoms with van der Waals surface area (Å²) in [6.45, 7) is 2.14. The van der Waals surface area contributed by atoms with Crippen molar-refractivity contribution in [2.45, 2.75) is 11.3 Å². The van der Waals surface area contributed by atoms with Crippen LogP contribution in [0.4, 0.5) is 11.4 Å². The van der Waals surface area contributed by atoms with Crippen molar-refractivity contribution in [1.29, 1.82) is 0 Å². The molecule has 1 aliphatic carbocycles. The van der Waals surface area contributed by atoms with E-state index in [1.807, 2.05) is 18.2 Å². The number of hydrogen-bond acceptors (Lipinski definition) is 7. The normalized spacial score (nSPS) is 19.6. The number of methoxy groups -OCH3 is 1. The average Bonchev–Trinajstić information content (AvgIpc) is 3.21. The smallest absolute Gasteiger partial charge is 0.265 e. The molecule has 2 unspecified atom stereocenters. The van der Waals surface area contributed by atoms with Gasteiger partial charge in [0.1, 0.15) is 16.3 Å². The van der Waals surface area contributed by atoms with Gasteiger partial charge < -0.3 is 9.64 Å². The van der Waals surface area contributed by atoms with Gasteiger partial charge in [0.25, 0.3) is 10.0 Å². The summed E-state index contributed by atoms with van der Waals surface area (Å²) in [5, 5.41) is 9.29. The first-order chi connectivity index (χ1) is 15.9. The van der Waals surface area contributed by atoms with E-state index in [2.05, 4.69) is 24.8 Å². The predicted molar refractivity (Wildman–Crippen MR) is 123 cm³/mol. The molecular weight excluding hydrogens is 442 g/mol. The van der Waals surface area contributed by atoms with E-state index in [1.165, 1.54) is 30.6 Å². The molecule has 1 N–H and O–H groups in total. The number of nitrogens with zero attached hydrogens (tertiary/aromatic N) is 6. The molecule has 2 fully saturated rings. The fourth-order valence-electron chi connectivity index (χ4n) is 4.62. The maximum absolute atomic E-state index is 13.2. The van der Waals surface area contributed by atoms with Gasteiger partial charge in [0.15, 0.2) is 5.82 Å². The van der Waals surface area contributed by atoms with Crippen molar-refractivity contribution in [2.24, 2.45) is 18.9 Å². The molecule has 3 aromatic heterocycles. The molecule has 0 amide bonds. The number of sulfonamides is 1. The zero-order valence-electron chi connectivity index (χ0n) is 18.2. The lowest BCUT2D eigenvalue weighted by Crippen LogP contribution is -2.22. The molecule has 11 heteroatoms. The Morgan fingerprint density at radius 2 is 1.94 bits per heavy atom. The molecule has 1 saturated carbocycles. The first-order valence-corrected chi connectivity index (χ1v) is 12.2. The Labute approximate surface area is 190 Å². The molecule has 1 aromatic carbocycles. The lowest BCUT2D eigenvalue weighted by molar-refractivity contribution is 0.417. The van der Waals surface area contributed by atoms with Crippen LogP contribution in [0.15, 0.2) is 53.9 Å². The number of rotatable bonds is 6. The van der Waals surface area contributed by atoms with Crippen LogP contribution < -0.4 is 14.4 Å². The van der Waals surface area contributed by atoms with Gasteiger partial charge in [-0.25, -0.2) is 18.1 Å². The van der Waals surface area contributed by atoms with Crippen LogP contribution in [0.2, 0.25) is 0 Å². The zero-order chi connectivity index (χ0) is 22.7. The van der Waals surface area contributed by atoms with Crippen LogP contribution in [0.1, 0.15) is 6.42 Å². The lowest BCUT2D eigenvalue weighted by atomic mass is 10.2. The molecule has 1 aliphatic heterocycles. The molecule has 6 rings (SSSR count). The highest BCUT2D eigenvalue weighted by Crippen LogP contribution is 2.46. The van der Waals surface area contributed by atoms with Crippen LogP contribution in [0.25, 0.3) is 16.7 Å². The van der Waals surface area contributed by atoms with Crippen LogP contribution in [0.3, 0.4) is 0 Å². The third kappa shape index (κ3) is 3.39. The Balaban J connectivity index is 1.31. The average molecular weight is 466 g/mol. The highest BCUT2D eigenvalue weighted by Gasteiger charge is 2.45. The van der Waals surface area contributed by atoms with Crippen LogP contribution in [0, 0.1) is 11.8 Å². The Kier molecular flexibility index (Phi) is 4.37. The summed E-state index contributed by atoms with van der Waals surface area (Å²) in [4.78, 5) is 6.77. The van der Waals surface area contributed by atoms with E-state index < -0.39 is 10.0 Å². The number of piperidine rings is 1. The minimum Gasteiger partial charge on any atom is -0.494 e. The number of aryl methyl sites for hydroxylation is 1. The number of ether oxygens (including phenoxy) is 1. The van der Waals surface area contributed by atoms with Crippen molar-refractivity contribution in [3.8, 4) is 11.6 Å². The number of anilines is 2. The van der Waals surface area contributed by atoms with Crippen molar-refractivity contribution in [1.82, 2.24) is 24.5 Å². The number of aromatic nitrogens is 5. The molecule has 0 spiro atoms. The van der Waals surface area contributed by atoms with Gasteiger partial charge in [-0.15, -0.1) is 0 Å². The highest BCUT2D eigenvalue weighted by molar-refractivity contribution is 7.92. The summed E-state index contributed by atoms with van der Waals surface area (Å²) in [6, 6.07) is 7.47. The second-order valence-corrected chi connectivity index (χ2v) is 10.3. The fourth-order valence-corrected chi connectivity index (χ4v) is 5.63. The maximum Gasteiger partial charge on any atom is 0.265 e. The van der Waals surface area contributed by atoms with Crippen molar-refractivity contribution in [3.63, 3.8) is 0 Å². The number of benzene rings is 1. The Morgan fingerprint density at radius 1 is 1.12 bits per heavy atom. The largest absolute Gasteiger partial charge is 0.494 e. The second kappa shape index (κ2) is 7.20. The van der Waals surface area contributed by atoms with E-state index in [0.717, 1.165) is 36.0 Å². The van der Waals surface area contributed by atoms with Gasteiger partial charge >= 0.3 is 0 Å². The topological polar surface area (TPSA) is 107 Å². The third-order valence-corrected chi connectivity index (χ3v) is 7.80. The Hall–Kier alpha value is -3.60. The monoisotopic (exact) mass is 465 g/mol. The first-order valence-electron chi connectivity index (χ1n) is 10.7. The summed E-state index contributed by atoms with van der Waals surface area (Å²) >= 11 is 0. The van der Waals surface area contributed by atoms with Crippen molar-refractivity contribution >= 4 is 32.3 Å². The second-order valence-electron chi connectivity index (χ2n) is 8.61. The Morgan fingerprint density at radius 3 is 2.73 bits per heavy atom. The molecule has 2 atom stereocenters. The molecule has 33 heavy (non-hydrogen) atoms. The maximum atomic E-state index is 13.2. The van der Waals surface area contributed by atoms with Crippen molar-refractivity contribution < 1.29 is 13.2 Å². The van der Waals surface area contributed by atoms with Gasteiger partial charge in [-0.2, -0.15) is 10.2 Å². The van der Waals surface area contributed by atoms with E-state index in [0.29, 0.717) is 22.8 Å². The quantitative estimate of drug-likeness (QED) is 0.466. The fraction of sp³-hybridized carbons (Fsp3) is 0.318. The summed E-state index contributed by atoms with van der Waals surface area (Å²) < 4.78 is 37.6. The molecule has 2 aliphatic rings. The summed E-state index contributed by atoms with van der Waals surface area (Å²) in [6.07, 6.45) is 7.52. The first kappa shape index (κ1) is 20.0. The van der Waals surface area contributed by atoms with E-state index >= 15 is 0 Å². The summed E-state index contributed by atoms with van der Waals surface area (Å²) in [5.74, 6) is 2.60. The minimum absolute atomic E-state index is 0.0262. The van der Waals surface area contributed by atoms with Gasteiger partial charge in [0, 0.05) is 43.5 Å². The van der Waals surface area contributed by atoms with Crippen LogP contribution in [-0.2, 0) is 17.1 Å². The molecule has 170 valence electrons. The lowest BCUT2D eigenvalue weighted by Gasteiger charge is -2.20. The van der Waals surface area contributed by atoms with Crippen molar-refractivity contribution in [3.05, 3.63) is 49.1 Å². The van der Waals surface area contributed by atoms with Crippen LogP contribution >= 0.6 is 0 Å². The van der Waals surface area contributed by atoms with Crippen LogP contribution in [-0.4, -0.2) is 53.2 Å². The predicted octanol–water partition coefficient (Wildman–Crippen LogP) is 2.42. The highest BCUT2D eigenvalue weighted by atomic mass is 32.2. The zero-order valence-corrected chi connectivity index (χ0v) is 19.0. The minimum atomic E-state index is -3.94.